The standard InChI is InChI=1S/C25H19N5O2S/c31-33(32)20-13-18(14-26-16-20)24-29-22-11-6-10-21(17-7-2-1-3-8-17)23(22)25(30-24)28-15-19-9-4-5-12-27-19/h1-14,16H,15H2,(H,31,32)(H,28,29,30)/p-1. The van der Waals surface area contributed by atoms with Crippen LogP contribution in [0.25, 0.3) is 33.4 Å². The molecule has 3 aromatic heterocycles. The number of hydrogen-bond donors (Lipinski definition) is 1. The van der Waals surface area contributed by atoms with E-state index in [0.717, 1.165) is 27.7 Å². The molecule has 0 aliphatic rings. The van der Waals surface area contributed by atoms with Crippen LogP contribution in [0.3, 0.4) is 0 Å². The van der Waals surface area contributed by atoms with Gasteiger partial charge in [0.1, 0.15) is 5.82 Å². The van der Waals surface area contributed by atoms with Crippen LogP contribution in [0.5, 0.6) is 0 Å². The molecule has 7 nitrogen and oxygen atoms in total. The molecule has 0 aliphatic carbocycles. The minimum absolute atomic E-state index is 0.0808. The van der Waals surface area contributed by atoms with Crippen molar-refractivity contribution in [3.8, 4) is 22.5 Å². The molecule has 0 saturated carbocycles. The number of aromatic nitrogens is 4. The van der Waals surface area contributed by atoms with Crippen molar-refractivity contribution in [1.29, 1.82) is 0 Å². The van der Waals surface area contributed by atoms with Gasteiger partial charge in [-0.2, -0.15) is 0 Å². The van der Waals surface area contributed by atoms with Gasteiger partial charge in [0.25, 0.3) is 0 Å². The summed E-state index contributed by atoms with van der Waals surface area (Å²) >= 11 is -2.39. The molecule has 2 aromatic carbocycles. The van der Waals surface area contributed by atoms with E-state index in [9.17, 15) is 8.76 Å². The van der Waals surface area contributed by atoms with E-state index in [2.05, 4.69) is 15.3 Å². The molecule has 0 saturated heterocycles. The first kappa shape index (κ1) is 20.9. The first-order chi connectivity index (χ1) is 16.2. The summed E-state index contributed by atoms with van der Waals surface area (Å²) in [4.78, 5) is 18.0. The predicted molar refractivity (Wildman–Crippen MR) is 127 cm³/mol. The zero-order valence-electron chi connectivity index (χ0n) is 17.4. The highest BCUT2D eigenvalue weighted by atomic mass is 32.2. The van der Waals surface area contributed by atoms with Gasteiger partial charge in [-0.25, -0.2) is 9.97 Å². The van der Waals surface area contributed by atoms with Crippen molar-refractivity contribution in [2.45, 2.75) is 11.4 Å². The average Bonchev–Trinajstić information content (AvgIpc) is 2.88. The van der Waals surface area contributed by atoms with E-state index in [1.165, 1.54) is 12.3 Å². The Kier molecular flexibility index (Phi) is 5.84. The van der Waals surface area contributed by atoms with Gasteiger partial charge in [-0.1, -0.05) is 48.5 Å². The third-order valence-corrected chi connectivity index (χ3v) is 5.74. The summed E-state index contributed by atoms with van der Waals surface area (Å²) in [6, 6.07) is 23.2. The fourth-order valence-corrected chi connectivity index (χ4v) is 3.98. The Morgan fingerprint density at radius 2 is 1.73 bits per heavy atom. The molecule has 162 valence electrons. The SMILES string of the molecule is O=S([O-])c1cncc(-c2nc(NCc3ccccn3)c3c(-c4ccccc4)cccc3n2)c1. The van der Waals surface area contributed by atoms with Crippen LogP contribution in [0.1, 0.15) is 5.69 Å². The number of pyridine rings is 2. The molecule has 3 heterocycles. The minimum Gasteiger partial charge on any atom is -0.768 e. The molecule has 5 rings (SSSR count). The second-order valence-corrected chi connectivity index (χ2v) is 8.22. The normalized spacial score (nSPS) is 11.9. The van der Waals surface area contributed by atoms with Crippen LogP contribution in [0.15, 0.2) is 96.3 Å². The van der Waals surface area contributed by atoms with E-state index >= 15 is 0 Å². The molecule has 8 heteroatoms. The van der Waals surface area contributed by atoms with Crippen molar-refractivity contribution < 1.29 is 8.76 Å². The maximum absolute atomic E-state index is 11.4. The van der Waals surface area contributed by atoms with Gasteiger partial charge in [-0.3, -0.25) is 14.2 Å². The summed E-state index contributed by atoms with van der Waals surface area (Å²) in [6.07, 6.45) is 4.60. The zero-order chi connectivity index (χ0) is 22.6. The van der Waals surface area contributed by atoms with Gasteiger partial charge >= 0.3 is 0 Å². The van der Waals surface area contributed by atoms with Crippen LogP contribution < -0.4 is 5.32 Å². The summed E-state index contributed by atoms with van der Waals surface area (Å²) in [7, 11) is 0. The second kappa shape index (κ2) is 9.23. The van der Waals surface area contributed by atoms with Gasteiger partial charge in [0.15, 0.2) is 5.82 Å². The Bertz CT molecular complexity index is 1450. The Labute approximate surface area is 192 Å². The van der Waals surface area contributed by atoms with Crippen molar-refractivity contribution in [3.05, 3.63) is 97.1 Å². The number of nitrogens with one attached hydrogen (secondary N) is 1. The van der Waals surface area contributed by atoms with Crippen molar-refractivity contribution in [3.63, 3.8) is 0 Å². The van der Waals surface area contributed by atoms with E-state index in [0.29, 0.717) is 23.8 Å². The lowest BCUT2D eigenvalue weighted by Gasteiger charge is -2.15. The number of benzene rings is 2. The van der Waals surface area contributed by atoms with Crippen molar-refractivity contribution in [2.24, 2.45) is 0 Å². The van der Waals surface area contributed by atoms with Crippen molar-refractivity contribution in [2.75, 3.05) is 5.32 Å². The van der Waals surface area contributed by atoms with Gasteiger partial charge in [0, 0.05) is 29.0 Å². The summed E-state index contributed by atoms with van der Waals surface area (Å²) in [5.74, 6) is 1.02. The average molecular weight is 453 g/mol. The molecule has 0 radical (unpaired) electrons. The smallest absolute Gasteiger partial charge is 0.163 e. The van der Waals surface area contributed by atoms with E-state index < -0.39 is 11.1 Å². The molecule has 0 amide bonds. The van der Waals surface area contributed by atoms with Crippen molar-refractivity contribution in [1.82, 2.24) is 19.9 Å². The second-order valence-electron chi connectivity index (χ2n) is 7.28. The molecule has 5 aromatic rings. The lowest BCUT2D eigenvalue weighted by molar-refractivity contribution is 0.536. The monoisotopic (exact) mass is 452 g/mol. The molecule has 0 spiro atoms. The Morgan fingerprint density at radius 3 is 2.52 bits per heavy atom. The van der Waals surface area contributed by atoms with E-state index in [1.807, 2.05) is 66.7 Å². The first-order valence-corrected chi connectivity index (χ1v) is 11.3. The number of hydrogen-bond acceptors (Lipinski definition) is 7. The highest BCUT2D eigenvalue weighted by Gasteiger charge is 2.15. The molecule has 1 N–H and O–H groups in total. The first-order valence-electron chi connectivity index (χ1n) is 10.2. The molecule has 0 bridgehead atoms. The fraction of sp³-hybridized carbons (Fsp3) is 0.0400. The highest BCUT2D eigenvalue weighted by Crippen LogP contribution is 2.34. The molecule has 1 atom stereocenters. The summed E-state index contributed by atoms with van der Waals surface area (Å²) in [6.45, 7) is 0.471. The minimum atomic E-state index is -2.39. The van der Waals surface area contributed by atoms with Crippen LogP contribution in [0.2, 0.25) is 0 Å². The van der Waals surface area contributed by atoms with Crippen LogP contribution in [0, 0.1) is 0 Å². The number of nitrogens with zero attached hydrogens (tertiary/aromatic N) is 4. The maximum Gasteiger partial charge on any atom is 0.163 e. The van der Waals surface area contributed by atoms with Crippen LogP contribution in [-0.2, 0) is 17.6 Å². The van der Waals surface area contributed by atoms with E-state index in [4.69, 9.17) is 9.97 Å². The van der Waals surface area contributed by atoms with Gasteiger partial charge < -0.3 is 9.87 Å². The van der Waals surface area contributed by atoms with E-state index in [1.54, 1.807) is 12.4 Å². The summed E-state index contributed by atoms with van der Waals surface area (Å²) in [5.41, 5.74) is 4.16. The Hall–Kier alpha value is -4.01. The number of rotatable bonds is 6. The van der Waals surface area contributed by atoms with Crippen LogP contribution in [0.4, 0.5) is 5.82 Å². The number of anilines is 1. The largest absolute Gasteiger partial charge is 0.768 e. The van der Waals surface area contributed by atoms with Gasteiger partial charge in [-0.05, 0) is 46.5 Å². The summed E-state index contributed by atoms with van der Waals surface area (Å²) < 4.78 is 22.8. The Balaban J connectivity index is 1.68. The predicted octanol–water partition coefficient (Wildman–Crippen LogP) is 4.60. The van der Waals surface area contributed by atoms with Crippen LogP contribution in [-0.4, -0.2) is 28.7 Å². The summed E-state index contributed by atoms with van der Waals surface area (Å²) in [5, 5.41) is 4.28. The van der Waals surface area contributed by atoms with E-state index in [-0.39, 0.29) is 4.90 Å². The lowest BCUT2D eigenvalue weighted by atomic mass is 10.0. The zero-order valence-corrected chi connectivity index (χ0v) is 18.2. The van der Waals surface area contributed by atoms with Crippen molar-refractivity contribution >= 4 is 27.8 Å². The molecule has 1 unspecified atom stereocenters. The molecule has 0 fully saturated rings. The molecular weight excluding hydrogens is 434 g/mol. The quantitative estimate of drug-likeness (QED) is 0.375. The molecule has 33 heavy (non-hydrogen) atoms. The van der Waals surface area contributed by atoms with Gasteiger partial charge in [0.2, 0.25) is 0 Å². The third kappa shape index (κ3) is 4.48. The van der Waals surface area contributed by atoms with Crippen LogP contribution >= 0.6 is 0 Å². The molecule has 0 aliphatic heterocycles. The number of fused-ring (bicyclic) bond motifs is 1. The highest BCUT2D eigenvalue weighted by molar-refractivity contribution is 7.79. The van der Waals surface area contributed by atoms with Gasteiger partial charge in [0.05, 0.1) is 23.1 Å². The lowest BCUT2D eigenvalue weighted by Crippen LogP contribution is -2.06. The maximum atomic E-state index is 11.4. The Morgan fingerprint density at radius 1 is 0.879 bits per heavy atom. The molecular formula is C25H18N5O2S-. The fourth-order valence-electron chi connectivity index (χ4n) is 3.61. The topological polar surface area (TPSA) is 104 Å². The third-order valence-electron chi connectivity index (χ3n) is 5.14. The van der Waals surface area contributed by atoms with Gasteiger partial charge in [-0.15, -0.1) is 0 Å².